The van der Waals surface area contributed by atoms with Gasteiger partial charge in [-0.05, 0) is 12.1 Å². The largest absolute Gasteiger partial charge is 0.260 e. The first-order chi connectivity index (χ1) is 11.6. The molecule has 0 unspecified atom stereocenters. The van der Waals surface area contributed by atoms with Gasteiger partial charge in [-0.25, -0.2) is 30.3 Å². The second-order valence-corrected chi connectivity index (χ2v) is 7.27. The van der Waals surface area contributed by atoms with Gasteiger partial charge in [0, 0.05) is 38.0 Å². The van der Waals surface area contributed by atoms with E-state index in [1.165, 1.54) is 12.1 Å². The summed E-state index contributed by atoms with van der Waals surface area (Å²) >= 11 is 0. The van der Waals surface area contributed by atoms with E-state index in [9.17, 15) is 26.0 Å². The summed E-state index contributed by atoms with van der Waals surface area (Å²) in [5.41, 5.74) is -0.664. The van der Waals surface area contributed by atoms with E-state index in [1.807, 2.05) is 0 Å². The molecule has 0 fully saturated rings. The van der Waals surface area contributed by atoms with Gasteiger partial charge in [0.05, 0.1) is 5.56 Å². The van der Waals surface area contributed by atoms with Crippen molar-refractivity contribution in [2.24, 2.45) is 0 Å². The molecule has 0 amide bonds. The predicted molar refractivity (Wildman–Crippen MR) is 78.9 cm³/mol. The zero-order valence-electron chi connectivity index (χ0n) is 13.0. The van der Waals surface area contributed by atoms with Crippen LogP contribution in [0.5, 0.6) is 0 Å². The molecule has 1 heterocycles. The lowest BCUT2D eigenvalue weighted by Gasteiger charge is -2.17. The van der Waals surface area contributed by atoms with Gasteiger partial charge >= 0.3 is 0 Å². The number of halogens is 4. The molecule has 25 heavy (non-hydrogen) atoms. The highest BCUT2D eigenvalue weighted by Gasteiger charge is 2.34. The normalized spacial score (nSPS) is 11.6. The molecule has 0 radical (unpaired) electrons. The Morgan fingerprint density at radius 2 is 1.68 bits per heavy atom. The van der Waals surface area contributed by atoms with Crippen LogP contribution in [0.4, 0.5) is 17.6 Å². The number of pyridine rings is 1. The first-order valence-electron chi connectivity index (χ1n) is 6.73. The van der Waals surface area contributed by atoms with Gasteiger partial charge in [0.2, 0.25) is 10.0 Å². The summed E-state index contributed by atoms with van der Waals surface area (Å²) < 4.78 is 80.5. The lowest BCUT2D eigenvalue weighted by atomic mass is 10.1. The molecule has 1 aromatic heterocycles. The zero-order chi connectivity index (χ0) is 18.9. The number of hydrogen-bond acceptors (Lipinski definition) is 4. The maximum Gasteiger partial charge on any atom is 0.245 e. The standard InChI is InChI=1S/C15H11F4N3O2S/c1-22(2)25(23,24)15-10(11(16)12(17)13(18)14(15)19)5-9-4-3-8(6-20)7-21-9/h3-4,7H,5H2,1-2H3. The van der Waals surface area contributed by atoms with E-state index in [2.05, 4.69) is 4.98 Å². The molecule has 0 aliphatic carbocycles. The van der Waals surface area contributed by atoms with Crippen molar-refractivity contribution < 1.29 is 26.0 Å². The molecular formula is C15H11F4N3O2S. The molecule has 0 N–H and O–H groups in total. The molecule has 0 spiro atoms. The van der Waals surface area contributed by atoms with Crippen LogP contribution in [0.25, 0.3) is 0 Å². The minimum Gasteiger partial charge on any atom is -0.260 e. The molecule has 2 aromatic rings. The monoisotopic (exact) mass is 373 g/mol. The first kappa shape index (κ1) is 18.8. The van der Waals surface area contributed by atoms with E-state index in [4.69, 9.17) is 5.26 Å². The average molecular weight is 373 g/mol. The summed E-state index contributed by atoms with van der Waals surface area (Å²) in [5, 5.41) is 8.70. The quantitative estimate of drug-likeness (QED) is 0.468. The topological polar surface area (TPSA) is 74.1 Å². The number of nitrogens with zero attached hydrogens (tertiary/aromatic N) is 3. The Kier molecular flexibility index (Phi) is 5.10. The fraction of sp³-hybridized carbons (Fsp3) is 0.200. The molecule has 10 heteroatoms. The van der Waals surface area contributed by atoms with E-state index >= 15 is 0 Å². The average Bonchev–Trinajstić information content (AvgIpc) is 2.58. The third-order valence-electron chi connectivity index (χ3n) is 3.37. The van der Waals surface area contributed by atoms with Crippen molar-refractivity contribution in [3.05, 3.63) is 58.4 Å². The van der Waals surface area contributed by atoms with Crippen LogP contribution in [0, 0.1) is 34.6 Å². The number of aromatic nitrogens is 1. The molecule has 0 saturated carbocycles. The van der Waals surface area contributed by atoms with Crippen molar-refractivity contribution in [2.75, 3.05) is 14.1 Å². The zero-order valence-corrected chi connectivity index (χ0v) is 13.8. The third kappa shape index (κ3) is 3.33. The maximum atomic E-state index is 14.2. The van der Waals surface area contributed by atoms with Gasteiger partial charge in [-0.1, -0.05) is 0 Å². The SMILES string of the molecule is CN(C)S(=O)(=O)c1c(F)c(F)c(F)c(F)c1Cc1ccc(C#N)cn1. The highest BCUT2D eigenvalue weighted by molar-refractivity contribution is 7.89. The fourth-order valence-electron chi connectivity index (χ4n) is 2.04. The van der Waals surface area contributed by atoms with Crippen LogP contribution in [0.2, 0.25) is 0 Å². The molecule has 2 rings (SSSR count). The van der Waals surface area contributed by atoms with Crippen molar-refractivity contribution in [2.45, 2.75) is 11.3 Å². The van der Waals surface area contributed by atoms with Crippen molar-refractivity contribution in [1.29, 1.82) is 5.26 Å². The minimum absolute atomic E-state index is 0.0403. The Bertz CT molecular complexity index is 968. The van der Waals surface area contributed by atoms with E-state index in [-0.39, 0.29) is 11.3 Å². The van der Waals surface area contributed by atoms with Gasteiger partial charge in [0.1, 0.15) is 11.0 Å². The lowest BCUT2D eigenvalue weighted by Crippen LogP contribution is -2.26. The molecular weight excluding hydrogens is 362 g/mol. The Hall–Kier alpha value is -2.51. The number of rotatable bonds is 4. The van der Waals surface area contributed by atoms with Crippen molar-refractivity contribution >= 4 is 10.0 Å². The Labute approximate surface area is 141 Å². The van der Waals surface area contributed by atoms with E-state index in [0.717, 1.165) is 20.3 Å². The van der Waals surface area contributed by atoms with Crippen LogP contribution < -0.4 is 0 Å². The van der Waals surface area contributed by atoms with Crippen LogP contribution in [-0.2, 0) is 16.4 Å². The van der Waals surface area contributed by atoms with E-state index in [1.54, 1.807) is 6.07 Å². The second kappa shape index (κ2) is 6.78. The summed E-state index contributed by atoms with van der Waals surface area (Å²) in [4.78, 5) is 2.51. The fourth-order valence-corrected chi connectivity index (χ4v) is 3.20. The second-order valence-electron chi connectivity index (χ2n) is 5.18. The van der Waals surface area contributed by atoms with E-state index < -0.39 is 50.2 Å². The highest BCUT2D eigenvalue weighted by Crippen LogP contribution is 2.30. The molecule has 132 valence electrons. The van der Waals surface area contributed by atoms with Crippen LogP contribution in [-0.4, -0.2) is 31.8 Å². The van der Waals surface area contributed by atoms with E-state index in [0.29, 0.717) is 4.31 Å². The Morgan fingerprint density at radius 3 is 2.16 bits per heavy atom. The summed E-state index contributed by atoms with van der Waals surface area (Å²) in [7, 11) is -2.52. The molecule has 0 saturated heterocycles. The molecule has 0 aliphatic heterocycles. The van der Waals surface area contributed by atoms with Crippen molar-refractivity contribution in [1.82, 2.24) is 9.29 Å². The van der Waals surface area contributed by atoms with Gasteiger partial charge in [0.15, 0.2) is 23.3 Å². The minimum atomic E-state index is -4.60. The molecule has 0 atom stereocenters. The van der Waals surface area contributed by atoms with Crippen LogP contribution in [0.3, 0.4) is 0 Å². The van der Waals surface area contributed by atoms with Gasteiger partial charge in [-0.15, -0.1) is 0 Å². The summed E-state index contributed by atoms with van der Waals surface area (Å²) in [6.45, 7) is 0. The van der Waals surface area contributed by atoms with Gasteiger partial charge in [-0.2, -0.15) is 5.26 Å². The summed E-state index contributed by atoms with van der Waals surface area (Å²) in [6, 6.07) is 4.38. The molecule has 5 nitrogen and oxygen atoms in total. The van der Waals surface area contributed by atoms with Crippen molar-refractivity contribution in [3.63, 3.8) is 0 Å². The smallest absolute Gasteiger partial charge is 0.245 e. The lowest BCUT2D eigenvalue weighted by molar-refractivity contribution is 0.387. The number of nitriles is 1. The van der Waals surface area contributed by atoms with Gasteiger partial charge in [-0.3, -0.25) is 4.98 Å². The Morgan fingerprint density at radius 1 is 1.08 bits per heavy atom. The number of sulfonamides is 1. The van der Waals surface area contributed by atoms with Gasteiger partial charge < -0.3 is 0 Å². The first-order valence-corrected chi connectivity index (χ1v) is 8.17. The Balaban J connectivity index is 2.73. The van der Waals surface area contributed by atoms with Crippen LogP contribution >= 0.6 is 0 Å². The summed E-state index contributed by atoms with van der Waals surface area (Å²) in [5.74, 6) is -8.14. The van der Waals surface area contributed by atoms with Crippen LogP contribution in [0.1, 0.15) is 16.8 Å². The third-order valence-corrected chi connectivity index (χ3v) is 5.27. The van der Waals surface area contributed by atoms with Crippen molar-refractivity contribution in [3.8, 4) is 6.07 Å². The molecule has 1 aromatic carbocycles. The van der Waals surface area contributed by atoms with Crippen LogP contribution in [0.15, 0.2) is 23.2 Å². The highest BCUT2D eigenvalue weighted by atomic mass is 32.2. The predicted octanol–water partition coefficient (Wildman–Crippen LogP) is 2.35. The summed E-state index contributed by atoms with van der Waals surface area (Å²) in [6.07, 6.45) is 0.512. The molecule has 0 aliphatic rings. The number of benzene rings is 1. The van der Waals surface area contributed by atoms with Gasteiger partial charge in [0.25, 0.3) is 0 Å². The number of hydrogen-bond donors (Lipinski definition) is 0. The molecule has 0 bridgehead atoms. The maximum absolute atomic E-state index is 14.2.